The number of pyridine rings is 1. The van der Waals surface area contributed by atoms with Crippen LogP contribution in [0.3, 0.4) is 0 Å². The van der Waals surface area contributed by atoms with Crippen molar-refractivity contribution in [2.24, 2.45) is 0 Å². The first kappa shape index (κ1) is 13.6. The first-order chi connectivity index (χ1) is 9.16. The lowest BCUT2D eigenvalue weighted by atomic mass is 10.1. The van der Waals surface area contributed by atoms with Gasteiger partial charge in [-0.15, -0.1) is 0 Å². The van der Waals surface area contributed by atoms with Crippen LogP contribution in [0.1, 0.15) is 24.2 Å². The minimum absolute atomic E-state index is 0.462. The number of rotatable bonds is 5. The Morgan fingerprint density at radius 2 is 1.89 bits per heavy atom. The Bertz CT molecular complexity index is 494. The standard InChI is InChI=1S/C16H20N2O/c1-13(19)15-8-9-16(17-12-15)18(2)11-10-14-6-4-3-5-7-14/h3-9,12-13,19H,10-11H2,1-2H3/t13-/m1/s1. The molecular formula is C16H20N2O. The molecule has 0 fully saturated rings. The zero-order valence-electron chi connectivity index (χ0n) is 11.5. The molecule has 0 saturated heterocycles. The number of aromatic nitrogens is 1. The summed E-state index contributed by atoms with van der Waals surface area (Å²) in [7, 11) is 2.04. The molecule has 0 saturated carbocycles. The minimum Gasteiger partial charge on any atom is -0.389 e. The number of anilines is 1. The molecule has 19 heavy (non-hydrogen) atoms. The van der Waals surface area contributed by atoms with Crippen LogP contribution >= 0.6 is 0 Å². The lowest BCUT2D eigenvalue weighted by molar-refractivity contribution is 0.199. The van der Waals surface area contributed by atoms with Crippen molar-refractivity contribution in [3.8, 4) is 0 Å². The van der Waals surface area contributed by atoms with Gasteiger partial charge in [-0.05, 0) is 30.5 Å². The van der Waals surface area contributed by atoms with E-state index in [1.165, 1.54) is 5.56 Å². The molecule has 1 aromatic heterocycles. The predicted octanol–water partition coefficient (Wildman–Crippen LogP) is 2.81. The number of aliphatic hydroxyl groups excluding tert-OH is 1. The lowest BCUT2D eigenvalue weighted by Gasteiger charge is -2.18. The van der Waals surface area contributed by atoms with E-state index >= 15 is 0 Å². The summed E-state index contributed by atoms with van der Waals surface area (Å²) in [4.78, 5) is 6.50. The van der Waals surface area contributed by atoms with Gasteiger partial charge in [-0.2, -0.15) is 0 Å². The maximum atomic E-state index is 9.45. The Hall–Kier alpha value is -1.87. The highest BCUT2D eigenvalue weighted by atomic mass is 16.3. The quantitative estimate of drug-likeness (QED) is 0.893. The fourth-order valence-corrected chi connectivity index (χ4v) is 1.93. The van der Waals surface area contributed by atoms with E-state index in [1.807, 2.05) is 25.2 Å². The van der Waals surface area contributed by atoms with Crippen LogP contribution in [0.15, 0.2) is 48.7 Å². The zero-order chi connectivity index (χ0) is 13.7. The van der Waals surface area contributed by atoms with Gasteiger partial charge < -0.3 is 10.0 Å². The van der Waals surface area contributed by atoms with Gasteiger partial charge in [0.1, 0.15) is 5.82 Å². The number of nitrogens with zero attached hydrogens (tertiary/aromatic N) is 2. The minimum atomic E-state index is -0.462. The van der Waals surface area contributed by atoms with E-state index in [0.717, 1.165) is 24.3 Å². The molecule has 1 N–H and O–H groups in total. The molecule has 0 radical (unpaired) electrons. The Morgan fingerprint density at radius 1 is 1.16 bits per heavy atom. The van der Waals surface area contributed by atoms with Crippen molar-refractivity contribution < 1.29 is 5.11 Å². The van der Waals surface area contributed by atoms with Crippen LogP contribution in [0.5, 0.6) is 0 Å². The van der Waals surface area contributed by atoms with Gasteiger partial charge >= 0.3 is 0 Å². The second-order valence-corrected chi connectivity index (χ2v) is 4.78. The van der Waals surface area contributed by atoms with Crippen molar-refractivity contribution in [2.75, 3.05) is 18.5 Å². The maximum Gasteiger partial charge on any atom is 0.128 e. The second kappa shape index (κ2) is 6.34. The van der Waals surface area contributed by atoms with Gasteiger partial charge in [-0.1, -0.05) is 36.4 Å². The monoisotopic (exact) mass is 256 g/mol. The smallest absolute Gasteiger partial charge is 0.128 e. The molecule has 0 aliphatic carbocycles. The molecule has 0 unspecified atom stereocenters. The molecule has 0 amide bonds. The van der Waals surface area contributed by atoms with E-state index in [1.54, 1.807) is 13.1 Å². The van der Waals surface area contributed by atoms with E-state index in [2.05, 4.69) is 34.1 Å². The van der Waals surface area contributed by atoms with E-state index in [0.29, 0.717) is 0 Å². The van der Waals surface area contributed by atoms with Crippen LogP contribution in [0, 0.1) is 0 Å². The molecule has 1 atom stereocenters. The summed E-state index contributed by atoms with van der Waals surface area (Å²) in [5.74, 6) is 0.931. The fourth-order valence-electron chi connectivity index (χ4n) is 1.93. The summed E-state index contributed by atoms with van der Waals surface area (Å²) >= 11 is 0. The molecule has 0 aliphatic heterocycles. The maximum absolute atomic E-state index is 9.45. The molecular weight excluding hydrogens is 236 g/mol. The van der Waals surface area contributed by atoms with E-state index < -0.39 is 6.10 Å². The van der Waals surface area contributed by atoms with Crippen LogP contribution in [-0.2, 0) is 6.42 Å². The summed E-state index contributed by atoms with van der Waals surface area (Å²) in [6, 6.07) is 14.3. The third-order valence-corrected chi connectivity index (χ3v) is 3.22. The van der Waals surface area contributed by atoms with Crippen LogP contribution in [-0.4, -0.2) is 23.7 Å². The molecule has 1 heterocycles. The van der Waals surface area contributed by atoms with Crippen LogP contribution < -0.4 is 4.90 Å². The first-order valence-electron chi connectivity index (χ1n) is 6.56. The van der Waals surface area contributed by atoms with Gasteiger partial charge in [0.15, 0.2) is 0 Å². The Balaban J connectivity index is 1.94. The van der Waals surface area contributed by atoms with Crippen LogP contribution in [0.4, 0.5) is 5.82 Å². The van der Waals surface area contributed by atoms with Gasteiger partial charge in [0, 0.05) is 19.8 Å². The molecule has 0 bridgehead atoms. The number of likely N-dealkylation sites (N-methyl/N-ethyl adjacent to an activating group) is 1. The number of hydrogen-bond acceptors (Lipinski definition) is 3. The van der Waals surface area contributed by atoms with Gasteiger partial charge in [0.05, 0.1) is 6.10 Å². The van der Waals surface area contributed by atoms with Crippen molar-refractivity contribution in [2.45, 2.75) is 19.4 Å². The highest BCUT2D eigenvalue weighted by Gasteiger charge is 2.05. The summed E-state index contributed by atoms with van der Waals surface area (Å²) in [5, 5.41) is 9.45. The molecule has 0 aliphatic rings. The van der Waals surface area contributed by atoms with Crippen molar-refractivity contribution in [3.05, 3.63) is 59.8 Å². The lowest BCUT2D eigenvalue weighted by Crippen LogP contribution is -2.21. The highest BCUT2D eigenvalue weighted by molar-refractivity contribution is 5.38. The van der Waals surface area contributed by atoms with E-state index in [9.17, 15) is 5.11 Å². The van der Waals surface area contributed by atoms with Crippen molar-refractivity contribution in [1.82, 2.24) is 4.98 Å². The average Bonchev–Trinajstić information content (AvgIpc) is 2.46. The molecule has 0 spiro atoms. The van der Waals surface area contributed by atoms with Crippen LogP contribution in [0.2, 0.25) is 0 Å². The summed E-state index contributed by atoms with van der Waals surface area (Å²) in [6.45, 7) is 2.67. The summed E-state index contributed by atoms with van der Waals surface area (Å²) in [5.41, 5.74) is 2.18. The van der Waals surface area contributed by atoms with Crippen molar-refractivity contribution in [1.29, 1.82) is 0 Å². The third kappa shape index (κ3) is 3.80. The molecule has 2 rings (SSSR count). The molecule has 2 aromatic rings. The number of benzene rings is 1. The van der Waals surface area contributed by atoms with Gasteiger partial charge in [0.25, 0.3) is 0 Å². The van der Waals surface area contributed by atoms with Gasteiger partial charge in [-0.3, -0.25) is 0 Å². The Labute approximate surface area is 114 Å². The SMILES string of the molecule is C[C@@H](O)c1ccc(N(C)CCc2ccccc2)nc1. The number of aliphatic hydroxyl groups is 1. The van der Waals surface area contributed by atoms with Crippen molar-refractivity contribution >= 4 is 5.82 Å². The molecule has 3 nitrogen and oxygen atoms in total. The fraction of sp³-hybridized carbons (Fsp3) is 0.312. The second-order valence-electron chi connectivity index (χ2n) is 4.78. The van der Waals surface area contributed by atoms with Gasteiger partial charge in [-0.25, -0.2) is 4.98 Å². The zero-order valence-corrected chi connectivity index (χ0v) is 11.5. The van der Waals surface area contributed by atoms with E-state index in [4.69, 9.17) is 0 Å². The Kier molecular flexibility index (Phi) is 4.53. The summed E-state index contributed by atoms with van der Waals surface area (Å²) in [6.07, 6.45) is 2.27. The topological polar surface area (TPSA) is 36.4 Å². The average molecular weight is 256 g/mol. The largest absolute Gasteiger partial charge is 0.389 e. The third-order valence-electron chi connectivity index (χ3n) is 3.22. The molecule has 3 heteroatoms. The summed E-state index contributed by atoms with van der Waals surface area (Å²) < 4.78 is 0. The molecule has 100 valence electrons. The normalized spacial score (nSPS) is 12.2. The van der Waals surface area contributed by atoms with Gasteiger partial charge in [0.2, 0.25) is 0 Å². The van der Waals surface area contributed by atoms with Crippen LogP contribution in [0.25, 0.3) is 0 Å². The predicted molar refractivity (Wildman–Crippen MR) is 78.3 cm³/mol. The number of hydrogen-bond donors (Lipinski definition) is 1. The Morgan fingerprint density at radius 3 is 2.47 bits per heavy atom. The first-order valence-corrected chi connectivity index (χ1v) is 6.56. The van der Waals surface area contributed by atoms with Crippen molar-refractivity contribution in [3.63, 3.8) is 0 Å². The molecule has 1 aromatic carbocycles. The highest BCUT2D eigenvalue weighted by Crippen LogP contribution is 2.15. The van der Waals surface area contributed by atoms with E-state index in [-0.39, 0.29) is 0 Å².